The summed E-state index contributed by atoms with van der Waals surface area (Å²) in [6, 6.07) is 5.72. The highest BCUT2D eigenvalue weighted by Gasteiger charge is 2.43. The van der Waals surface area contributed by atoms with Gasteiger partial charge in [-0.25, -0.2) is 10.5 Å². The molecule has 0 bridgehead atoms. The third-order valence-electron chi connectivity index (χ3n) is 4.73. The van der Waals surface area contributed by atoms with Gasteiger partial charge in [0.1, 0.15) is 23.0 Å². The number of aliphatic hydroxyl groups excluding tert-OH is 1. The number of hydrogen-bond acceptors (Lipinski definition) is 8. The molecule has 0 aromatic carbocycles. The molecule has 0 spiro atoms. The first-order valence-corrected chi connectivity index (χ1v) is 7.92. The number of nitrogens with two attached hydrogens (primary N) is 2. The third kappa shape index (κ3) is 1.99. The molecule has 0 aliphatic carbocycles. The Morgan fingerprint density at radius 3 is 2.85 bits per heavy atom. The summed E-state index contributed by atoms with van der Waals surface area (Å²) in [4.78, 5) is 4.14. The standard InChI is InChI=1S/C17H17N7O2/c1-17(2)23(20)8-11(25)14-13-12(9-4-3-5-21-7-9)10(6-18)15(19)26-16(13)22-24(14)17/h3-5,7-8,12,25H,19-20H2,1-2H3. The molecule has 9 nitrogen and oxygen atoms in total. The van der Waals surface area contributed by atoms with Crippen molar-refractivity contribution in [3.63, 3.8) is 0 Å². The van der Waals surface area contributed by atoms with Gasteiger partial charge in [-0.2, -0.15) is 5.26 Å². The van der Waals surface area contributed by atoms with E-state index in [1.807, 2.05) is 19.9 Å². The molecule has 2 aliphatic heterocycles. The molecule has 9 heteroatoms. The zero-order valence-corrected chi connectivity index (χ0v) is 14.2. The summed E-state index contributed by atoms with van der Waals surface area (Å²) in [5.74, 6) is 5.58. The summed E-state index contributed by atoms with van der Waals surface area (Å²) >= 11 is 0. The molecule has 4 heterocycles. The molecule has 4 rings (SSSR count). The van der Waals surface area contributed by atoms with Crippen LogP contribution in [0.2, 0.25) is 0 Å². The number of nitrogens with zero attached hydrogens (tertiary/aromatic N) is 5. The van der Waals surface area contributed by atoms with Gasteiger partial charge < -0.3 is 15.6 Å². The van der Waals surface area contributed by atoms with Crippen LogP contribution in [0.4, 0.5) is 0 Å². The number of hydrazine groups is 1. The molecule has 0 saturated carbocycles. The van der Waals surface area contributed by atoms with Crippen LogP contribution in [0.5, 0.6) is 5.88 Å². The van der Waals surface area contributed by atoms with E-state index in [0.717, 1.165) is 5.56 Å². The topological polar surface area (TPSA) is 139 Å². The fraction of sp³-hybridized carbons (Fsp3) is 0.235. The van der Waals surface area contributed by atoms with Crippen molar-refractivity contribution >= 4 is 5.76 Å². The Kier molecular flexibility index (Phi) is 3.22. The molecular formula is C17H17N7O2. The Morgan fingerprint density at radius 1 is 1.42 bits per heavy atom. The molecule has 2 aromatic rings. The second kappa shape index (κ2) is 5.24. The van der Waals surface area contributed by atoms with Gasteiger partial charge in [-0.3, -0.25) is 9.99 Å². The molecule has 0 radical (unpaired) electrons. The zero-order chi connectivity index (χ0) is 18.6. The van der Waals surface area contributed by atoms with Gasteiger partial charge in [-0.1, -0.05) is 6.07 Å². The predicted octanol–water partition coefficient (Wildman–Crippen LogP) is 1.23. The number of pyridine rings is 1. The van der Waals surface area contributed by atoms with Crippen LogP contribution in [0.25, 0.3) is 5.76 Å². The summed E-state index contributed by atoms with van der Waals surface area (Å²) in [7, 11) is 0. The molecule has 5 N–H and O–H groups in total. The number of nitriles is 1. The van der Waals surface area contributed by atoms with E-state index in [0.29, 0.717) is 11.3 Å². The quantitative estimate of drug-likeness (QED) is 0.652. The summed E-state index contributed by atoms with van der Waals surface area (Å²) < 4.78 is 7.17. The van der Waals surface area contributed by atoms with Crippen LogP contribution in [0.3, 0.4) is 0 Å². The number of aromatic nitrogens is 3. The summed E-state index contributed by atoms with van der Waals surface area (Å²) in [5, 5.41) is 26.0. The van der Waals surface area contributed by atoms with Crippen LogP contribution in [0.1, 0.15) is 36.6 Å². The average Bonchev–Trinajstić information content (AvgIpc) is 3.00. The van der Waals surface area contributed by atoms with Crippen molar-refractivity contribution in [2.75, 3.05) is 0 Å². The second-order valence-electron chi connectivity index (χ2n) is 6.61. The van der Waals surface area contributed by atoms with Gasteiger partial charge in [0.25, 0.3) is 0 Å². The highest BCUT2D eigenvalue weighted by molar-refractivity contribution is 5.68. The van der Waals surface area contributed by atoms with Crippen molar-refractivity contribution in [1.82, 2.24) is 19.8 Å². The monoisotopic (exact) mass is 351 g/mol. The van der Waals surface area contributed by atoms with Crippen molar-refractivity contribution < 1.29 is 9.84 Å². The summed E-state index contributed by atoms with van der Waals surface area (Å²) in [6.07, 6.45) is 4.72. The van der Waals surface area contributed by atoms with Crippen molar-refractivity contribution in [3.8, 4) is 11.9 Å². The fourth-order valence-corrected chi connectivity index (χ4v) is 3.29. The van der Waals surface area contributed by atoms with Gasteiger partial charge in [0.05, 0.1) is 17.7 Å². The van der Waals surface area contributed by atoms with E-state index in [1.54, 1.807) is 23.1 Å². The molecular weight excluding hydrogens is 334 g/mol. The summed E-state index contributed by atoms with van der Waals surface area (Å²) in [5.41, 5.74) is 7.18. The van der Waals surface area contributed by atoms with E-state index < -0.39 is 11.6 Å². The first-order chi connectivity index (χ1) is 12.4. The Balaban J connectivity index is 2.03. The van der Waals surface area contributed by atoms with E-state index >= 15 is 0 Å². The van der Waals surface area contributed by atoms with Gasteiger partial charge in [-0.15, -0.1) is 5.10 Å². The lowest BCUT2D eigenvalue weighted by Gasteiger charge is -2.38. The van der Waals surface area contributed by atoms with Gasteiger partial charge in [0.2, 0.25) is 11.8 Å². The Bertz CT molecular complexity index is 998. The lowest BCUT2D eigenvalue weighted by molar-refractivity contribution is 0.0769. The first-order valence-electron chi connectivity index (χ1n) is 7.92. The van der Waals surface area contributed by atoms with Crippen molar-refractivity contribution in [1.29, 1.82) is 5.26 Å². The largest absolute Gasteiger partial charge is 0.504 e. The maximum atomic E-state index is 10.6. The SMILES string of the molecule is CC1(C)N(N)C=C(O)c2c3c(nn21)OC(N)=C(C#N)C3c1cccnc1. The molecule has 132 valence electrons. The van der Waals surface area contributed by atoms with E-state index in [-0.39, 0.29) is 23.1 Å². The molecule has 0 amide bonds. The number of aliphatic hydroxyl groups is 1. The smallest absolute Gasteiger partial charge is 0.245 e. The maximum absolute atomic E-state index is 10.6. The average molecular weight is 351 g/mol. The van der Waals surface area contributed by atoms with Crippen molar-refractivity contribution in [3.05, 3.63) is 59.0 Å². The third-order valence-corrected chi connectivity index (χ3v) is 4.73. The van der Waals surface area contributed by atoms with Crippen LogP contribution in [-0.2, 0) is 5.66 Å². The van der Waals surface area contributed by atoms with E-state index in [1.165, 1.54) is 11.2 Å². The first kappa shape index (κ1) is 16.0. The van der Waals surface area contributed by atoms with Gasteiger partial charge >= 0.3 is 0 Å². The molecule has 26 heavy (non-hydrogen) atoms. The van der Waals surface area contributed by atoms with Crippen molar-refractivity contribution in [2.45, 2.75) is 25.4 Å². The molecule has 0 saturated heterocycles. The molecule has 2 aliphatic rings. The van der Waals surface area contributed by atoms with Crippen LogP contribution < -0.4 is 16.3 Å². The highest BCUT2D eigenvalue weighted by atomic mass is 16.5. The van der Waals surface area contributed by atoms with Gasteiger partial charge in [0, 0.05) is 12.4 Å². The lowest BCUT2D eigenvalue weighted by atomic mass is 9.84. The number of allylic oxidation sites excluding steroid dienone is 1. The minimum absolute atomic E-state index is 0.0184. The maximum Gasteiger partial charge on any atom is 0.245 e. The Hall–Kier alpha value is -3.51. The lowest BCUT2D eigenvalue weighted by Crippen LogP contribution is -2.50. The normalized spacial score (nSPS) is 20.6. The fourth-order valence-electron chi connectivity index (χ4n) is 3.29. The molecule has 0 fully saturated rings. The molecule has 2 aromatic heterocycles. The second-order valence-corrected chi connectivity index (χ2v) is 6.61. The van der Waals surface area contributed by atoms with Gasteiger partial charge in [0.15, 0.2) is 5.76 Å². The summed E-state index contributed by atoms with van der Waals surface area (Å²) in [6.45, 7) is 3.69. The van der Waals surface area contributed by atoms with Crippen LogP contribution in [0.15, 0.2) is 42.2 Å². The predicted molar refractivity (Wildman–Crippen MR) is 91.7 cm³/mol. The minimum Gasteiger partial charge on any atom is -0.504 e. The zero-order valence-electron chi connectivity index (χ0n) is 14.2. The van der Waals surface area contributed by atoms with E-state index in [4.69, 9.17) is 16.3 Å². The van der Waals surface area contributed by atoms with Gasteiger partial charge in [-0.05, 0) is 25.5 Å². The highest BCUT2D eigenvalue weighted by Crippen LogP contribution is 2.47. The van der Waals surface area contributed by atoms with Crippen molar-refractivity contribution in [2.24, 2.45) is 11.6 Å². The molecule has 1 unspecified atom stereocenters. The van der Waals surface area contributed by atoms with E-state index in [2.05, 4.69) is 16.2 Å². The Morgan fingerprint density at radius 2 is 2.19 bits per heavy atom. The minimum atomic E-state index is -0.761. The number of fused-ring (bicyclic) bond motifs is 3. The van der Waals surface area contributed by atoms with Crippen LogP contribution >= 0.6 is 0 Å². The van der Waals surface area contributed by atoms with Crippen LogP contribution in [0, 0.1) is 11.3 Å². The van der Waals surface area contributed by atoms with Crippen LogP contribution in [-0.4, -0.2) is 24.9 Å². The number of rotatable bonds is 1. The number of ether oxygens (including phenoxy) is 1. The van der Waals surface area contributed by atoms with E-state index in [9.17, 15) is 10.4 Å². The number of hydrogen-bond donors (Lipinski definition) is 3. The molecule has 1 atom stereocenters. The Labute approximate surface area is 149 Å².